The summed E-state index contributed by atoms with van der Waals surface area (Å²) in [4.78, 5) is 0. The minimum Gasteiger partial charge on any atom is -0.393 e. The van der Waals surface area contributed by atoms with Gasteiger partial charge in [0.1, 0.15) is 0 Å². The second kappa shape index (κ2) is 7.24. The first kappa shape index (κ1) is 13.0. The summed E-state index contributed by atoms with van der Waals surface area (Å²) in [7, 11) is 0. The molecular formula is C13H27NO. The zero-order valence-corrected chi connectivity index (χ0v) is 10.3. The summed E-state index contributed by atoms with van der Waals surface area (Å²) < 4.78 is 0. The molecule has 0 radical (unpaired) electrons. The lowest BCUT2D eigenvalue weighted by molar-refractivity contribution is 0.181. The van der Waals surface area contributed by atoms with Crippen molar-refractivity contribution >= 4 is 0 Å². The first-order chi connectivity index (χ1) is 7.18. The Morgan fingerprint density at radius 3 is 2.53 bits per heavy atom. The molecule has 0 bridgehead atoms. The van der Waals surface area contributed by atoms with Crippen LogP contribution in [-0.2, 0) is 0 Å². The summed E-state index contributed by atoms with van der Waals surface area (Å²) in [6, 6.07) is 0. The van der Waals surface area contributed by atoms with Gasteiger partial charge in [0, 0.05) is 0 Å². The van der Waals surface area contributed by atoms with Gasteiger partial charge in [-0.1, -0.05) is 19.8 Å². The highest BCUT2D eigenvalue weighted by Gasteiger charge is 2.17. The molecular weight excluding hydrogens is 186 g/mol. The van der Waals surface area contributed by atoms with Gasteiger partial charge < -0.3 is 10.4 Å². The lowest BCUT2D eigenvalue weighted by Crippen LogP contribution is -2.27. The summed E-state index contributed by atoms with van der Waals surface area (Å²) >= 11 is 0. The third-order valence-electron chi connectivity index (χ3n) is 3.54. The van der Waals surface area contributed by atoms with Crippen LogP contribution in [0.3, 0.4) is 0 Å². The van der Waals surface area contributed by atoms with Gasteiger partial charge in [-0.2, -0.15) is 0 Å². The first-order valence-corrected chi connectivity index (χ1v) is 6.57. The first-order valence-electron chi connectivity index (χ1n) is 6.57. The van der Waals surface area contributed by atoms with Gasteiger partial charge in [0.15, 0.2) is 0 Å². The van der Waals surface area contributed by atoms with E-state index in [1.54, 1.807) is 0 Å². The average Bonchev–Trinajstić information content (AvgIpc) is 2.20. The number of aliphatic hydroxyl groups is 1. The van der Waals surface area contributed by atoms with Crippen molar-refractivity contribution in [3.05, 3.63) is 0 Å². The molecule has 2 N–H and O–H groups in total. The zero-order valence-electron chi connectivity index (χ0n) is 10.3. The Bertz CT molecular complexity index is 151. The summed E-state index contributed by atoms with van der Waals surface area (Å²) in [5, 5.41) is 12.6. The Balaban J connectivity index is 1.91. The standard InChI is InChI=1S/C13H27NO/c1-11-5-7-13(8-6-11)10-14-9-3-4-12(2)15/h11-15H,3-10H2,1-2H3. The van der Waals surface area contributed by atoms with Gasteiger partial charge in [-0.25, -0.2) is 0 Å². The van der Waals surface area contributed by atoms with Crippen molar-refractivity contribution in [1.29, 1.82) is 0 Å². The molecule has 1 aliphatic carbocycles. The molecule has 1 atom stereocenters. The SMILES string of the molecule is CC(O)CCCNCC1CCC(C)CC1. The molecule has 90 valence electrons. The minimum atomic E-state index is -0.137. The fraction of sp³-hybridized carbons (Fsp3) is 1.00. The highest BCUT2D eigenvalue weighted by molar-refractivity contribution is 4.71. The maximum Gasteiger partial charge on any atom is 0.0512 e. The van der Waals surface area contributed by atoms with Gasteiger partial charge in [-0.05, 0) is 57.5 Å². The van der Waals surface area contributed by atoms with Crippen LogP contribution in [0.1, 0.15) is 52.4 Å². The van der Waals surface area contributed by atoms with Crippen LogP contribution in [0.25, 0.3) is 0 Å². The van der Waals surface area contributed by atoms with E-state index in [1.165, 1.54) is 32.2 Å². The van der Waals surface area contributed by atoms with E-state index >= 15 is 0 Å². The smallest absolute Gasteiger partial charge is 0.0512 e. The molecule has 2 nitrogen and oxygen atoms in total. The van der Waals surface area contributed by atoms with Crippen LogP contribution in [0.15, 0.2) is 0 Å². The highest BCUT2D eigenvalue weighted by Crippen LogP contribution is 2.27. The summed E-state index contributed by atoms with van der Waals surface area (Å²) in [6.07, 6.45) is 7.53. The minimum absolute atomic E-state index is 0.137. The normalized spacial score (nSPS) is 29.0. The van der Waals surface area contributed by atoms with E-state index in [2.05, 4.69) is 12.2 Å². The average molecular weight is 213 g/mol. The van der Waals surface area contributed by atoms with Crippen molar-refractivity contribution in [3.8, 4) is 0 Å². The predicted molar refractivity (Wildman–Crippen MR) is 64.9 cm³/mol. The molecule has 0 saturated heterocycles. The van der Waals surface area contributed by atoms with E-state index in [4.69, 9.17) is 5.11 Å². The molecule has 0 aliphatic heterocycles. The second-order valence-electron chi connectivity index (χ2n) is 5.32. The molecule has 1 fully saturated rings. The summed E-state index contributed by atoms with van der Waals surface area (Å²) in [5.74, 6) is 1.87. The van der Waals surface area contributed by atoms with Crippen molar-refractivity contribution in [2.75, 3.05) is 13.1 Å². The van der Waals surface area contributed by atoms with Crippen LogP contribution >= 0.6 is 0 Å². The van der Waals surface area contributed by atoms with Crippen LogP contribution in [-0.4, -0.2) is 24.3 Å². The maximum atomic E-state index is 9.10. The third kappa shape index (κ3) is 6.16. The van der Waals surface area contributed by atoms with Crippen LogP contribution in [0, 0.1) is 11.8 Å². The van der Waals surface area contributed by atoms with E-state index in [0.29, 0.717) is 0 Å². The topological polar surface area (TPSA) is 32.3 Å². The van der Waals surface area contributed by atoms with Crippen LogP contribution in [0.4, 0.5) is 0 Å². The fourth-order valence-corrected chi connectivity index (χ4v) is 2.36. The Morgan fingerprint density at radius 1 is 1.27 bits per heavy atom. The van der Waals surface area contributed by atoms with Gasteiger partial charge in [-0.15, -0.1) is 0 Å². The van der Waals surface area contributed by atoms with Gasteiger partial charge in [0.2, 0.25) is 0 Å². The van der Waals surface area contributed by atoms with Gasteiger partial charge >= 0.3 is 0 Å². The molecule has 0 aromatic carbocycles. The van der Waals surface area contributed by atoms with Crippen molar-refractivity contribution in [1.82, 2.24) is 5.32 Å². The largest absolute Gasteiger partial charge is 0.393 e. The molecule has 0 heterocycles. The lowest BCUT2D eigenvalue weighted by atomic mass is 9.83. The molecule has 1 saturated carbocycles. The number of rotatable bonds is 6. The van der Waals surface area contributed by atoms with Crippen LogP contribution in [0.2, 0.25) is 0 Å². The zero-order chi connectivity index (χ0) is 11.1. The number of hydrogen-bond donors (Lipinski definition) is 2. The van der Waals surface area contributed by atoms with E-state index in [-0.39, 0.29) is 6.10 Å². The van der Waals surface area contributed by atoms with Crippen LogP contribution < -0.4 is 5.32 Å². The lowest BCUT2D eigenvalue weighted by Gasteiger charge is -2.26. The van der Waals surface area contributed by atoms with E-state index in [9.17, 15) is 0 Å². The molecule has 1 rings (SSSR count). The maximum absolute atomic E-state index is 9.10. The quantitative estimate of drug-likeness (QED) is 0.665. The highest BCUT2D eigenvalue weighted by atomic mass is 16.3. The molecule has 0 amide bonds. The Labute approximate surface area is 94.5 Å². The van der Waals surface area contributed by atoms with E-state index in [0.717, 1.165) is 31.2 Å². The number of nitrogens with one attached hydrogen (secondary N) is 1. The van der Waals surface area contributed by atoms with Gasteiger partial charge in [0.05, 0.1) is 6.10 Å². The molecule has 0 aromatic heterocycles. The van der Waals surface area contributed by atoms with Crippen molar-refractivity contribution in [2.45, 2.75) is 58.5 Å². The van der Waals surface area contributed by atoms with Gasteiger partial charge in [-0.3, -0.25) is 0 Å². The van der Waals surface area contributed by atoms with Crippen molar-refractivity contribution in [3.63, 3.8) is 0 Å². The Morgan fingerprint density at radius 2 is 1.93 bits per heavy atom. The number of aliphatic hydroxyl groups excluding tert-OH is 1. The van der Waals surface area contributed by atoms with Crippen molar-refractivity contribution < 1.29 is 5.11 Å². The fourth-order valence-electron chi connectivity index (χ4n) is 2.36. The molecule has 15 heavy (non-hydrogen) atoms. The van der Waals surface area contributed by atoms with E-state index in [1.807, 2.05) is 6.92 Å². The third-order valence-corrected chi connectivity index (χ3v) is 3.54. The number of hydrogen-bond acceptors (Lipinski definition) is 2. The van der Waals surface area contributed by atoms with Crippen LogP contribution in [0.5, 0.6) is 0 Å². The molecule has 1 unspecified atom stereocenters. The summed E-state index contributed by atoms with van der Waals surface area (Å²) in [6.45, 7) is 6.48. The second-order valence-corrected chi connectivity index (χ2v) is 5.32. The van der Waals surface area contributed by atoms with Crippen molar-refractivity contribution in [2.24, 2.45) is 11.8 Å². The molecule has 2 heteroatoms. The Kier molecular flexibility index (Phi) is 6.26. The molecule has 0 aromatic rings. The monoisotopic (exact) mass is 213 g/mol. The summed E-state index contributed by atoms with van der Waals surface area (Å²) in [5.41, 5.74) is 0. The molecule has 1 aliphatic rings. The predicted octanol–water partition coefficient (Wildman–Crippen LogP) is 2.56. The Hall–Kier alpha value is -0.0800. The molecule has 0 spiro atoms. The van der Waals surface area contributed by atoms with E-state index < -0.39 is 0 Å². The van der Waals surface area contributed by atoms with Gasteiger partial charge in [0.25, 0.3) is 0 Å².